The third-order valence-electron chi connectivity index (χ3n) is 3.68. The van der Waals surface area contributed by atoms with Crippen LogP contribution in [-0.4, -0.2) is 15.1 Å². The first-order valence-electron chi connectivity index (χ1n) is 7.45. The van der Waals surface area contributed by atoms with Crippen LogP contribution >= 0.6 is 0 Å². The third kappa shape index (κ3) is 3.18. The van der Waals surface area contributed by atoms with Crippen LogP contribution in [0, 0.1) is 12.7 Å². The van der Waals surface area contributed by atoms with Gasteiger partial charge in [0.2, 0.25) is 0 Å². The van der Waals surface area contributed by atoms with Crippen LogP contribution < -0.4 is 11.1 Å². The molecule has 0 fully saturated rings. The zero-order valence-corrected chi connectivity index (χ0v) is 13.1. The molecule has 0 atom stereocenters. The summed E-state index contributed by atoms with van der Waals surface area (Å²) in [6.45, 7) is 2.11. The molecule has 24 heavy (non-hydrogen) atoms. The first-order valence-corrected chi connectivity index (χ1v) is 7.45. The van der Waals surface area contributed by atoms with E-state index in [4.69, 9.17) is 5.73 Å². The van der Waals surface area contributed by atoms with Gasteiger partial charge in [-0.15, -0.1) is 0 Å². The summed E-state index contributed by atoms with van der Waals surface area (Å²) in [5, 5.41) is 13.3. The minimum absolute atomic E-state index is 0.0929. The second kappa shape index (κ2) is 6.64. The Hall–Kier alpha value is -2.99. The zero-order valence-electron chi connectivity index (χ0n) is 13.1. The number of aromatic nitrogens is 2. The zero-order chi connectivity index (χ0) is 17.1. The van der Waals surface area contributed by atoms with E-state index >= 15 is 0 Å². The molecular weight excluding hydrogens is 307 g/mol. The highest BCUT2D eigenvalue weighted by molar-refractivity contribution is 5.74. The summed E-state index contributed by atoms with van der Waals surface area (Å²) in [6.07, 6.45) is 1.35. The van der Waals surface area contributed by atoms with Gasteiger partial charge in [-0.2, -0.15) is 0 Å². The second-order valence-corrected chi connectivity index (χ2v) is 5.42. The number of anilines is 2. The molecule has 0 spiro atoms. The maximum Gasteiger partial charge on any atom is 0.185 e. The molecule has 0 saturated carbocycles. The van der Waals surface area contributed by atoms with Gasteiger partial charge in [0.25, 0.3) is 0 Å². The molecule has 0 unspecified atom stereocenters. The molecule has 5 nitrogen and oxygen atoms in total. The van der Waals surface area contributed by atoms with E-state index in [0.717, 1.165) is 11.1 Å². The van der Waals surface area contributed by atoms with Gasteiger partial charge >= 0.3 is 0 Å². The van der Waals surface area contributed by atoms with Crippen molar-refractivity contribution in [2.24, 2.45) is 5.73 Å². The number of halogens is 1. The van der Waals surface area contributed by atoms with E-state index in [2.05, 4.69) is 15.3 Å². The van der Waals surface area contributed by atoms with Gasteiger partial charge in [0.15, 0.2) is 11.6 Å². The quantitative estimate of drug-likeness (QED) is 0.684. The highest BCUT2D eigenvalue weighted by Crippen LogP contribution is 2.33. The number of nitrogens with zero attached hydrogens (tertiary/aromatic N) is 2. The Morgan fingerprint density at radius 3 is 2.54 bits per heavy atom. The van der Waals surface area contributed by atoms with Crippen molar-refractivity contribution in [1.29, 1.82) is 0 Å². The summed E-state index contributed by atoms with van der Waals surface area (Å²) in [7, 11) is 0. The highest BCUT2D eigenvalue weighted by Gasteiger charge is 2.13. The first-order chi connectivity index (χ1) is 11.6. The molecule has 0 amide bonds. The molecule has 0 aliphatic heterocycles. The van der Waals surface area contributed by atoms with Crippen molar-refractivity contribution < 1.29 is 9.50 Å². The number of benzene rings is 2. The van der Waals surface area contributed by atoms with E-state index in [-0.39, 0.29) is 18.1 Å². The van der Waals surface area contributed by atoms with Gasteiger partial charge < -0.3 is 16.2 Å². The number of nitrogens with one attached hydrogen (secondary N) is 1. The van der Waals surface area contributed by atoms with E-state index in [1.807, 2.05) is 31.2 Å². The lowest BCUT2D eigenvalue weighted by molar-refractivity contribution is 0.475. The van der Waals surface area contributed by atoms with Crippen molar-refractivity contribution >= 4 is 11.5 Å². The maximum atomic E-state index is 13.8. The van der Waals surface area contributed by atoms with Crippen molar-refractivity contribution in [3.8, 4) is 17.0 Å². The summed E-state index contributed by atoms with van der Waals surface area (Å²) < 4.78 is 13.8. The molecule has 3 aromatic rings. The van der Waals surface area contributed by atoms with Crippen LogP contribution in [0.2, 0.25) is 0 Å². The molecule has 1 aromatic heterocycles. The van der Waals surface area contributed by atoms with Crippen LogP contribution in [0.4, 0.5) is 15.9 Å². The molecule has 6 heteroatoms. The molecule has 3 rings (SSSR count). The molecule has 122 valence electrons. The Balaban J connectivity index is 1.93. The fourth-order valence-corrected chi connectivity index (χ4v) is 2.32. The van der Waals surface area contributed by atoms with Gasteiger partial charge in [-0.25, -0.2) is 14.4 Å². The third-order valence-corrected chi connectivity index (χ3v) is 3.68. The van der Waals surface area contributed by atoms with E-state index in [1.165, 1.54) is 12.4 Å². The maximum absolute atomic E-state index is 13.8. The smallest absolute Gasteiger partial charge is 0.185 e. The average Bonchev–Trinajstić information content (AvgIpc) is 2.58. The SMILES string of the molecule is Cc1ccc(-c2ncnc(Nc3ccc(CN)c(F)c3)c2O)cc1. The summed E-state index contributed by atoms with van der Waals surface area (Å²) in [6, 6.07) is 12.2. The number of nitrogens with two attached hydrogens (primary N) is 1. The Morgan fingerprint density at radius 1 is 1.12 bits per heavy atom. The minimum Gasteiger partial charge on any atom is -0.503 e. The van der Waals surface area contributed by atoms with Crippen molar-refractivity contribution in [3.63, 3.8) is 0 Å². The van der Waals surface area contributed by atoms with E-state index in [0.29, 0.717) is 16.9 Å². The number of rotatable bonds is 4. The Morgan fingerprint density at radius 2 is 1.88 bits per heavy atom. The average molecular weight is 324 g/mol. The van der Waals surface area contributed by atoms with Gasteiger partial charge in [-0.05, 0) is 19.1 Å². The number of hydrogen-bond donors (Lipinski definition) is 3. The molecule has 0 bridgehead atoms. The van der Waals surface area contributed by atoms with Crippen LogP contribution in [0.15, 0.2) is 48.8 Å². The van der Waals surface area contributed by atoms with Crippen LogP contribution in [-0.2, 0) is 6.54 Å². The molecule has 0 aliphatic carbocycles. The van der Waals surface area contributed by atoms with Gasteiger partial charge in [0.05, 0.1) is 0 Å². The van der Waals surface area contributed by atoms with Crippen LogP contribution in [0.3, 0.4) is 0 Å². The lowest BCUT2D eigenvalue weighted by Gasteiger charge is -2.11. The molecule has 4 N–H and O–H groups in total. The molecule has 0 radical (unpaired) electrons. The monoisotopic (exact) mass is 324 g/mol. The van der Waals surface area contributed by atoms with Gasteiger partial charge in [-0.1, -0.05) is 35.9 Å². The van der Waals surface area contributed by atoms with Crippen molar-refractivity contribution in [2.75, 3.05) is 5.32 Å². The normalized spacial score (nSPS) is 10.6. The lowest BCUT2D eigenvalue weighted by Crippen LogP contribution is -2.01. The summed E-state index contributed by atoms with van der Waals surface area (Å²) in [5.41, 5.74) is 8.63. The van der Waals surface area contributed by atoms with Gasteiger partial charge in [-0.3, -0.25) is 0 Å². The van der Waals surface area contributed by atoms with E-state index in [9.17, 15) is 9.50 Å². The second-order valence-electron chi connectivity index (χ2n) is 5.42. The minimum atomic E-state index is -0.408. The van der Waals surface area contributed by atoms with Gasteiger partial charge in [0, 0.05) is 23.4 Å². The Labute approximate surface area is 139 Å². The predicted molar refractivity (Wildman–Crippen MR) is 91.4 cm³/mol. The highest BCUT2D eigenvalue weighted by atomic mass is 19.1. The van der Waals surface area contributed by atoms with Crippen LogP contribution in [0.1, 0.15) is 11.1 Å². The van der Waals surface area contributed by atoms with Crippen molar-refractivity contribution in [3.05, 3.63) is 65.7 Å². The largest absolute Gasteiger partial charge is 0.503 e. The summed E-state index contributed by atoms with van der Waals surface area (Å²) in [4.78, 5) is 8.16. The Bertz CT molecular complexity index is 865. The number of aromatic hydroxyl groups is 1. The van der Waals surface area contributed by atoms with Gasteiger partial charge in [0.1, 0.15) is 17.8 Å². The molecule has 0 saturated heterocycles. The van der Waals surface area contributed by atoms with E-state index < -0.39 is 5.82 Å². The first kappa shape index (κ1) is 15.9. The summed E-state index contributed by atoms with van der Waals surface area (Å²) in [5.74, 6) is -0.292. The van der Waals surface area contributed by atoms with E-state index in [1.54, 1.807) is 12.1 Å². The topological polar surface area (TPSA) is 84.1 Å². The van der Waals surface area contributed by atoms with Crippen molar-refractivity contribution in [2.45, 2.75) is 13.5 Å². The fourth-order valence-electron chi connectivity index (χ4n) is 2.32. The molecule has 2 aromatic carbocycles. The lowest BCUT2D eigenvalue weighted by atomic mass is 10.1. The number of hydrogen-bond acceptors (Lipinski definition) is 5. The van der Waals surface area contributed by atoms with Crippen LogP contribution in [0.25, 0.3) is 11.3 Å². The van der Waals surface area contributed by atoms with Crippen LogP contribution in [0.5, 0.6) is 5.75 Å². The molecule has 1 heterocycles. The predicted octanol–water partition coefficient (Wildman–Crippen LogP) is 3.50. The molecule has 0 aliphatic rings. The Kier molecular flexibility index (Phi) is 4.39. The fraction of sp³-hybridized carbons (Fsp3) is 0.111. The molecular formula is C18H17FN4O. The standard InChI is InChI=1S/C18H17FN4O/c1-11-2-4-12(5-3-11)16-17(24)18(22-10-21-16)23-14-7-6-13(9-20)15(19)8-14/h2-8,10,24H,9,20H2,1H3,(H,21,22,23). The number of aryl methyl sites for hydroxylation is 1. The summed E-state index contributed by atoms with van der Waals surface area (Å²) >= 11 is 0. The van der Waals surface area contributed by atoms with Crippen molar-refractivity contribution in [1.82, 2.24) is 9.97 Å².